The summed E-state index contributed by atoms with van der Waals surface area (Å²) in [5, 5.41) is -1.51. The van der Waals surface area contributed by atoms with E-state index in [1.165, 1.54) is 6.07 Å². The molecule has 0 aliphatic carbocycles. The summed E-state index contributed by atoms with van der Waals surface area (Å²) in [5.41, 5.74) is -7.93. The van der Waals surface area contributed by atoms with Gasteiger partial charge < -0.3 is 4.90 Å². The van der Waals surface area contributed by atoms with Crippen LogP contribution in [0.4, 0.5) is 26.3 Å². The number of alkyl halides is 6. The van der Waals surface area contributed by atoms with Crippen LogP contribution in [-0.4, -0.2) is 36.8 Å². The molecule has 1 heterocycles. The maximum atomic E-state index is 13.1. The fourth-order valence-electron chi connectivity index (χ4n) is 2.35. The Morgan fingerprint density at radius 3 is 2.21 bits per heavy atom. The summed E-state index contributed by atoms with van der Waals surface area (Å²) >= 11 is 0. The van der Waals surface area contributed by atoms with Gasteiger partial charge in [-0.1, -0.05) is 18.2 Å². The lowest BCUT2D eigenvalue weighted by Gasteiger charge is -2.21. The number of rotatable bonds is 4. The summed E-state index contributed by atoms with van der Waals surface area (Å²) in [5.74, 6) is -1.23. The van der Waals surface area contributed by atoms with Crippen molar-refractivity contribution in [3.05, 3.63) is 59.3 Å². The number of carbonyl (C=O) groups excluding carboxylic acids is 1. The van der Waals surface area contributed by atoms with Gasteiger partial charge in [-0.05, 0) is 23.8 Å². The Balaban J connectivity index is 2.42. The van der Waals surface area contributed by atoms with Crippen LogP contribution in [-0.2, 0) is 22.6 Å². The van der Waals surface area contributed by atoms with Crippen LogP contribution in [0.3, 0.4) is 0 Å². The summed E-state index contributed by atoms with van der Waals surface area (Å²) in [7, 11) is -4.89. The van der Waals surface area contributed by atoms with E-state index in [2.05, 4.69) is 4.98 Å². The smallest absolute Gasteiger partial charge is 0.337 e. The molecule has 2 aromatic rings. The molecule has 0 radical (unpaired) electrons. The van der Waals surface area contributed by atoms with Crippen molar-refractivity contribution in [1.29, 1.82) is 0 Å². The van der Waals surface area contributed by atoms with Crippen LogP contribution in [0.5, 0.6) is 0 Å². The number of pyridine rings is 1. The van der Waals surface area contributed by atoms with E-state index in [0.29, 0.717) is 4.90 Å². The highest BCUT2D eigenvalue weighted by Crippen LogP contribution is 2.33. The number of sulfone groups is 1. The molecule has 152 valence electrons. The fourth-order valence-corrected chi connectivity index (χ4v) is 3.21. The van der Waals surface area contributed by atoms with Crippen molar-refractivity contribution in [2.24, 2.45) is 0 Å². The lowest BCUT2D eigenvalue weighted by atomic mass is 10.1. The third-order valence-corrected chi connectivity index (χ3v) is 5.08. The molecule has 0 saturated heterocycles. The molecule has 5 nitrogen and oxygen atoms in total. The number of carbonyl (C=O) groups is 1. The zero-order valence-electron chi connectivity index (χ0n) is 14.0. The number of nitrogens with zero attached hydrogens (tertiary/aromatic N) is 2. The van der Waals surface area contributed by atoms with E-state index >= 15 is 0 Å². The molecule has 2 rings (SSSR count). The van der Waals surface area contributed by atoms with Crippen LogP contribution in [0.2, 0.25) is 0 Å². The van der Waals surface area contributed by atoms with Gasteiger partial charge in [0.25, 0.3) is 15.7 Å². The predicted molar refractivity (Wildman–Crippen MR) is 84.7 cm³/mol. The first-order valence-corrected chi connectivity index (χ1v) is 8.92. The second-order valence-electron chi connectivity index (χ2n) is 5.62. The van der Waals surface area contributed by atoms with Gasteiger partial charge in [-0.2, -0.15) is 26.3 Å². The highest BCUT2D eigenvalue weighted by Gasteiger charge is 2.49. The number of aromatic nitrogens is 1. The highest BCUT2D eigenvalue weighted by molar-refractivity contribution is 7.92. The van der Waals surface area contributed by atoms with Gasteiger partial charge in [0.2, 0.25) is 0 Å². The van der Waals surface area contributed by atoms with Crippen LogP contribution in [0, 0.1) is 0 Å². The molecule has 0 N–H and O–H groups in total. The molecule has 0 fully saturated rings. The van der Waals surface area contributed by atoms with Crippen molar-refractivity contribution in [1.82, 2.24) is 9.88 Å². The SMILES string of the molecule is CN(Cc1ccccc1C(F)(F)F)C(=O)c1cccnc1S(=O)(=O)C(F)(F)F. The quantitative estimate of drug-likeness (QED) is 0.700. The molecule has 0 atom stereocenters. The Labute approximate surface area is 155 Å². The second kappa shape index (κ2) is 7.41. The van der Waals surface area contributed by atoms with Gasteiger partial charge in [0.15, 0.2) is 5.03 Å². The van der Waals surface area contributed by atoms with E-state index in [1.807, 2.05) is 0 Å². The lowest BCUT2D eigenvalue weighted by Crippen LogP contribution is -2.31. The largest absolute Gasteiger partial charge is 0.503 e. The first kappa shape index (κ1) is 21.7. The number of amides is 1. The number of benzene rings is 1. The van der Waals surface area contributed by atoms with Crippen molar-refractivity contribution in [2.45, 2.75) is 23.3 Å². The minimum absolute atomic E-state index is 0.310. The number of hydrogen-bond acceptors (Lipinski definition) is 4. The first-order valence-electron chi connectivity index (χ1n) is 7.43. The molecular weight excluding hydrogens is 414 g/mol. The van der Waals surface area contributed by atoms with Crippen molar-refractivity contribution in [3.63, 3.8) is 0 Å². The molecule has 0 saturated carbocycles. The molecule has 1 aromatic heterocycles. The summed E-state index contributed by atoms with van der Waals surface area (Å²) in [6.45, 7) is -0.616. The van der Waals surface area contributed by atoms with Crippen molar-refractivity contribution >= 4 is 15.7 Å². The van der Waals surface area contributed by atoms with E-state index in [-0.39, 0.29) is 5.56 Å². The molecule has 0 spiro atoms. The van der Waals surface area contributed by atoms with E-state index in [9.17, 15) is 39.6 Å². The first-order chi connectivity index (χ1) is 12.8. The number of halogens is 6. The van der Waals surface area contributed by atoms with Crippen LogP contribution in [0.25, 0.3) is 0 Å². The maximum absolute atomic E-state index is 13.1. The standard InChI is InChI=1S/C16H12F6N2O3S/c1-24(9-10-5-2-3-7-12(10)15(17,18)19)14(25)11-6-4-8-23-13(11)28(26,27)16(20,21)22/h2-8H,9H2,1H3. The molecule has 0 unspecified atom stereocenters. The molecule has 28 heavy (non-hydrogen) atoms. The van der Waals surface area contributed by atoms with Crippen LogP contribution < -0.4 is 0 Å². The Morgan fingerprint density at radius 1 is 1.04 bits per heavy atom. The molecule has 1 aromatic carbocycles. The van der Waals surface area contributed by atoms with Gasteiger partial charge >= 0.3 is 11.7 Å². The second-order valence-corrected chi connectivity index (χ2v) is 7.48. The van der Waals surface area contributed by atoms with E-state index in [4.69, 9.17) is 0 Å². The van der Waals surface area contributed by atoms with Crippen molar-refractivity contribution in [3.8, 4) is 0 Å². The number of hydrogen-bond donors (Lipinski definition) is 0. The van der Waals surface area contributed by atoms with Crippen molar-refractivity contribution in [2.75, 3.05) is 7.05 Å². The minimum Gasteiger partial charge on any atom is -0.337 e. The molecule has 1 amide bonds. The average Bonchev–Trinajstić information content (AvgIpc) is 2.59. The Bertz CT molecular complexity index is 986. The van der Waals surface area contributed by atoms with Gasteiger partial charge in [-0.15, -0.1) is 0 Å². The topological polar surface area (TPSA) is 67.3 Å². The summed E-state index contributed by atoms with van der Waals surface area (Å²) in [6, 6.07) is 6.18. The molecule has 0 aliphatic heterocycles. The van der Waals surface area contributed by atoms with Crippen LogP contribution in [0.1, 0.15) is 21.5 Å². The van der Waals surface area contributed by atoms with E-state index in [0.717, 1.165) is 43.6 Å². The lowest BCUT2D eigenvalue weighted by molar-refractivity contribution is -0.138. The van der Waals surface area contributed by atoms with Gasteiger partial charge in [0, 0.05) is 19.8 Å². The van der Waals surface area contributed by atoms with E-state index < -0.39 is 50.1 Å². The minimum atomic E-state index is -5.93. The van der Waals surface area contributed by atoms with Gasteiger partial charge in [-0.25, -0.2) is 13.4 Å². The molecular formula is C16H12F6N2O3S. The van der Waals surface area contributed by atoms with Gasteiger partial charge in [0.05, 0.1) is 11.1 Å². The Hall–Kier alpha value is -2.63. The monoisotopic (exact) mass is 426 g/mol. The van der Waals surface area contributed by atoms with Crippen LogP contribution >= 0.6 is 0 Å². The zero-order chi connectivity index (χ0) is 21.3. The van der Waals surface area contributed by atoms with Crippen LogP contribution in [0.15, 0.2) is 47.6 Å². The molecule has 0 bridgehead atoms. The summed E-state index contributed by atoms with van der Waals surface area (Å²) in [4.78, 5) is 16.3. The molecule has 0 aliphatic rings. The van der Waals surface area contributed by atoms with Gasteiger partial charge in [0.1, 0.15) is 0 Å². The highest BCUT2D eigenvalue weighted by atomic mass is 32.2. The predicted octanol–water partition coefficient (Wildman–Crippen LogP) is 3.67. The maximum Gasteiger partial charge on any atom is 0.503 e. The van der Waals surface area contributed by atoms with Crippen molar-refractivity contribution < 1.29 is 39.6 Å². The normalized spacial score (nSPS) is 12.7. The average molecular weight is 426 g/mol. The summed E-state index contributed by atoms with van der Waals surface area (Å²) in [6.07, 6.45) is -3.95. The Morgan fingerprint density at radius 2 is 1.64 bits per heavy atom. The van der Waals surface area contributed by atoms with E-state index in [1.54, 1.807) is 0 Å². The zero-order valence-corrected chi connectivity index (χ0v) is 14.9. The Kier molecular flexibility index (Phi) is 5.74. The summed E-state index contributed by atoms with van der Waals surface area (Å²) < 4.78 is 101. The molecule has 12 heteroatoms. The third-order valence-electron chi connectivity index (χ3n) is 3.64. The van der Waals surface area contributed by atoms with Gasteiger partial charge in [-0.3, -0.25) is 4.79 Å². The third kappa shape index (κ3) is 4.26. The fraction of sp³-hybridized carbons (Fsp3) is 0.250.